The highest BCUT2D eigenvalue weighted by molar-refractivity contribution is 5.81. The Morgan fingerprint density at radius 2 is 1.75 bits per heavy atom. The number of hydrogen-bond acceptors (Lipinski definition) is 2. The Morgan fingerprint density at radius 3 is 2.50 bits per heavy atom. The predicted octanol–water partition coefficient (Wildman–Crippen LogP) is 2.96. The van der Waals surface area contributed by atoms with Gasteiger partial charge in [0.2, 0.25) is 0 Å². The van der Waals surface area contributed by atoms with Crippen LogP contribution in [0.1, 0.15) is 31.4 Å². The molecule has 2 aromatic rings. The minimum atomic E-state index is -0.177. The first kappa shape index (κ1) is 9.79. The lowest BCUT2D eigenvalue weighted by molar-refractivity contribution is 0.448. The molecule has 1 fully saturated rings. The Hall–Kier alpha value is -1.41. The third-order valence-electron chi connectivity index (χ3n) is 3.64. The van der Waals surface area contributed by atoms with Crippen molar-refractivity contribution in [2.75, 3.05) is 0 Å². The van der Waals surface area contributed by atoms with E-state index in [9.17, 15) is 0 Å². The van der Waals surface area contributed by atoms with Crippen LogP contribution in [0.25, 0.3) is 10.8 Å². The van der Waals surface area contributed by atoms with Crippen molar-refractivity contribution in [2.45, 2.75) is 31.2 Å². The lowest BCUT2D eigenvalue weighted by Crippen LogP contribution is -2.34. The van der Waals surface area contributed by atoms with Crippen LogP contribution in [0.4, 0.5) is 0 Å². The van der Waals surface area contributed by atoms with E-state index in [1.165, 1.54) is 23.6 Å². The molecule has 1 aliphatic rings. The van der Waals surface area contributed by atoms with E-state index in [-0.39, 0.29) is 5.54 Å². The minimum Gasteiger partial charge on any atom is -0.320 e. The van der Waals surface area contributed by atoms with Crippen LogP contribution in [0, 0.1) is 0 Å². The summed E-state index contributed by atoms with van der Waals surface area (Å²) in [5.41, 5.74) is 7.29. The van der Waals surface area contributed by atoms with Crippen molar-refractivity contribution in [1.29, 1.82) is 0 Å². The van der Waals surface area contributed by atoms with Crippen molar-refractivity contribution in [3.63, 3.8) is 0 Å². The van der Waals surface area contributed by atoms with Crippen LogP contribution >= 0.6 is 0 Å². The third-order valence-corrected chi connectivity index (χ3v) is 3.64. The third kappa shape index (κ3) is 1.50. The number of rotatable bonds is 1. The molecule has 0 bridgehead atoms. The average Bonchev–Trinajstić information content (AvgIpc) is 2.77. The molecule has 16 heavy (non-hydrogen) atoms. The van der Waals surface area contributed by atoms with Crippen molar-refractivity contribution in [3.8, 4) is 0 Å². The van der Waals surface area contributed by atoms with Crippen molar-refractivity contribution in [1.82, 2.24) is 4.98 Å². The molecule has 1 aliphatic carbocycles. The molecule has 0 saturated heterocycles. The topological polar surface area (TPSA) is 38.9 Å². The summed E-state index contributed by atoms with van der Waals surface area (Å²) >= 11 is 0. The summed E-state index contributed by atoms with van der Waals surface area (Å²) in [4.78, 5) is 4.54. The zero-order valence-electron chi connectivity index (χ0n) is 9.32. The summed E-state index contributed by atoms with van der Waals surface area (Å²) in [5, 5.41) is 2.43. The molecule has 0 atom stereocenters. The summed E-state index contributed by atoms with van der Waals surface area (Å²) < 4.78 is 0. The van der Waals surface area contributed by atoms with E-state index in [2.05, 4.69) is 29.2 Å². The van der Waals surface area contributed by atoms with Gasteiger partial charge in [-0.25, -0.2) is 0 Å². The van der Waals surface area contributed by atoms with E-state index in [1.807, 2.05) is 12.3 Å². The Morgan fingerprint density at radius 1 is 1.06 bits per heavy atom. The fourth-order valence-electron chi connectivity index (χ4n) is 2.62. The van der Waals surface area contributed by atoms with E-state index in [0.717, 1.165) is 18.5 Å². The molecule has 2 heteroatoms. The van der Waals surface area contributed by atoms with Gasteiger partial charge in [0, 0.05) is 11.6 Å². The average molecular weight is 212 g/mol. The Balaban J connectivity index is 2.11. The first-order valence-electron chi connectivity index (χ1n) is 5.92. The summed E-state index contributed by atoms with van der Waals surface area (Å²) in [5.74, 6) is 0. The monoisotopic (exact) mass is 212 g/mol. The lowest BCUT2D eigenvalue weighted by atomic mass is 9.93. The number of nitrogens with zero attached hydrogens (tertiary/aromatic N) is 1. The summed E-state index contributed by atoms with van der Waals surface area (Å²) in [7, 11) is 0. The van der Waals surface area contributed by atoms with Crippen LogP contribution in [0.15, 0.2) is 36.5 Å². The highest BCUT2D eigenvalue weighted by atomic mass is 14.8. The molecule has 1 heterocycles. The molecule has 1 aromatic carbocycles. The van der Waals surface area contributed by atoms with Gasteiger partial charge < -0.3 is 5.73 Å². The van der Waals surface area contributed by atoms with Crippen LogP contribution in [0.3, 0.4) is 0 Å². The fourth-order valence-corrected chi connectivity index (χ4v) is 2.62. The van der Waals surface area contributed by atoms with Gasteiger partial charge in [0.1, 0.15) is 0 Å². The largest absolute Gasteiger partial charge is 0.320 e. The normalized spacial score (nSPS) is 19.1. The van der Waals surface area contributed by atoms with Crippen LogP contribution in [-0.2, 0) is 5.54 Å². The summed E-state index contributed by atoms with van der Waals surface area (Å²) in [6.45, 7) is 0. The second-order valence-corrected chi connectivity index (χ2v) is 4.78. The van der Waals surface area contributed by atoms with Gasteiger partial charge in [-0.2, -0.15) is 0 Å². The maximum atomic E-state index is 6.41. The van der Waals surface area contributed by atoms with Crippen LogP contribution in [-0.4, -0.2) is 4.98 Å². The van der Waals surface area contributed by atoms with Crippen LogP contribution < -0.4 is 5.73 Å². The molecule has 0 unspecified atom stereocenters. The predicted molar refractivity (Wildman–Crippen MR) is 66.1 cm³/mol. The number of benzene rings is 1. The van der Waals surface area contributed by atoms with Gasteiger partial charge in [0.25, 0.3) is 0 Å². The first-order valence-corrected chi connectivity index (χ1v) is 5.92. The minimum absolute atomic E-state index is 0.177. The Kier molecular flexibility index (Phi) is 2.18. The smallest absolute Gasteiger partial charge is 0.0608 e. The number of nitrogens with two attached hydrogens (primary N) is 1. The molecule has 0 radical (unpaired) electrons. The van der Waals surface area contributed by atoms with Gasteiger partial charge in [0.15, 0.2) is 0 Å². The molecule has 3 rings (SSSR count). The second-order valence-electron chi connectivity index (χ2n) is 4.78. The Bertz CT molecular complexity index is 513. The number of fused-ring (bicyclic) bond motifs is 1. The zero-order valence-corrected chi connectivity index (χ0v) is 9.32. The molecular weight excluding hydrogens is 196 g/mol. The zero-order chi connectivity index (χ0) is 11.0. The highest BCUT2D eigenvalue weighted by Gasteiger charge is 2.32. The molecule has 1 aromatic heterocycles. The molecule has 2 nitrogen and oxygen atoms in total. The van der Waals surface area contributed by atoms with E-state index in [1.54, 1.807) is 0 Å². The number of hydrogen-bond donors (Lipinski definition) is 1. The van der Waals surface area contributed by atoms with Gasteiger partial charge >= 0.3 is 0 Å². The molecule has 2 N–H and O–H groups in total. The fraction of sp³-hybridized carbons (Fsp3) is 0.357. The second kappa shape index (κ2) is 3.56. The van der Waals surface area contributed by atoms with Gasteiger partial charge in [-0.1, -0.05) is 37.1 Å². The van der Waals surface area contributed by atoms with Crippen LogP contribution in [0.2, 0.25) is 0 Å². The van der Waals surface area contributed by atoms with Gasteiger partial charge in [-0.3, -0.25) is 4.98 Å². The molecule has 0 aliphatic heterocycles. The maximum absolute atomic E-state index is 6.41. The molecule has 0 spiro atoms. The van der Waals surface area contributed by atoms with Gasteiger partial charge in [0.05, 0.1) is 11.2 Å². The molecule has 0 amide bonds. The SMILES string of the molecule is NC1(c2cc3ccccc3cn2)CCCC1. The molecular formula is C14H16N2. The molecule has 82 valence electrons. The quantitative estimate of drug-likeness (QED) is 0.789. The summed E-state index contributed by atoms with van der Waals surface area (Å²) in [6, 6.07) is 10.5. The molecule has 1 saturated carbocycles. The van der Waals surface area contributed by atoms with Crippen molar-refractivity contribution < 1.29 is 0 Å². The van der Waals surface area contributed by atoms with E-state index < -0.39 is 0 Å². The van der Waals surface area contributed by atoms with E-state index in [4.69, 9.17) is 5.73 Å². The van der Waals surface area contributed by atoms with Crippen molar-refractivity contribution >= 4 is 10.8 Å². The van der Waals surface area contributed by atoms with Gasteiger partial charge in [-0.15, -0.1) is 0 Å². The first-order chi connectivity index (χ1) is 7.78. The van der Waals surface area contributed by atoms with Crippen molar-refractivity contribution in [2.24, 2.45) is 5.73 Å². The van der Waals surface area contributed by atoms with E-state index >= 15 is 0 Å². The number of pyridine rings is 1. The lowest BCUT2D eigenvalue weighted by Gasteiger charge is -2.23. The highest BCUT2D eigenvalue weighted by Crippen LogP contribution is 2.35. The van der Waals surface area contributed by atoms with Crippen molar-refractivity contribution in [3.05, 3.63) is 42.2 Å². The number of aromatic nitrogens is 1. The maximum Gasteiger partial charge on any atom is 0.0608 e. The standard InChI is InChI=1S/C14H16N2/c15-14(7-3-4-8-14)13-9-11-5-1-2-6-12(11)10-16-13/h1-2,5-6,9-10H,3-4,7-8,15H2. The Labute approximate surface area is 95.5 Å². The van der Waals surface area contributed by atoms with Crippen LogP contribution in [0.5, 0.6) is 0 Å². The van der Waals surface area contributed by atoms with E-state index in [0.29, 0.717) is 0 Å². The summed E-state index contributed by atoms with van der Waals surface area (Å²) in [6.07, 6.45) is 6.53. The van der Waals surface area contributed by atoms with Gasteiger partial charge in [-0.05, 0) is 24.3 Å².